The first-order valence-corrected chi connectivity index (χ1v) is 8.95. The van der Waals surface area contributed by atoms with Crippen molar-refractivity contribution in [2.45, 2.75) is 26.8 Å². The molecule has 0 atom stereocenters. The second-order valence-electron chi connectivity index (χ2n) is 6.05. The van der Waals surface area contributed by atoms with Gasteiger partial charge < -0.3 is 20.1 Å². The molecule has 0 spiro atoms. The molecule has 0 saturated heterocycles. The van der Waals surface area contributed by atoms with Crippen LogP contribution in [-0.4, -0.2) is 33.3 Å². The van der Waals surface area contributed by atoms with E-state index in [1.54, 1.807) is 14.2 Å². The number of nitrogens with zero attached hydrogens (tertiary/aromatic N) is 1. The van der Waals surface area contributed by atoms with Gasteiger partial charge in [-0.05, 0) is 43.5 Å². The summed E-state index contributed by atoms with van der Waals surface area (Å²) < 4.78 is 10.6. The highest BCUT2D eigenvalue weighted by Gasteiger charge is 2.05. The van der Waals surface area contributed by atoms with E-state index in [0.29, 0.717) is 6.54 Å². The number of ether oxygens (including phenoxy) is 2. The van der Waals surface area contributed by atoms with Gasteiger partial charge in [-0.1, -0.05) is 35.9 Å². The Bertz CT molecular complexity index is 712. The Morgan fingerprint density at radius 2 is 1.62 bits per heavy atom. The lowest BCUT2D eigenvalue weighted by molar-refractivity contribution is 0.354. The van der Waals surface area contributed by atoms with Gasteiger partial charge in [0.15, 0.2) is 17.5 Å². The summed E-state index contributed by atoms with van der Waals surface area (Å²) in [6.45, 7) is 6.43. The van der Waals surface area contributed by atoms with Crippen molar-refractivity contribution in [2.75, 3.05) is 27.3 Å². The molecule has 0 amide bonds. The highest BCUT2D eigenvalue weighted by Crippen LogP contribution is 2.27. The van der Waals surface area contributed by atoms with E-state index in [9.17, 15) is 0 Å². The maximum absolute atomic E-state index is 5.36. The first-order valence-electron chi connectivity index (χ1n) is 8.95. The number of aryl methyl sites for hydroxylation is 1. The minimum absolute atomic E-state index is 0.659. The number of methoxy groups -OCH3 is 2. The van der Waals surface area contributed by atoms with Crippen LogP contribution < -0.4 is 20.1 Å². The van der Waals surface area contributed by atoms with E-state index in [1.807, 2.05) is 12.1 Å². The second-order valence-corrected chi connectivity index (χ2v) is 6.05. The molecular weight excluding hydrogens is 326 g/mol. The Hall–Kier alpha value is -2.69. The zero-order chi connectivity index (χ0) is 18.8. The van der Waals surface area contributed by atoms with Crippen molar-refractivity contribution in [1.82, 2.24) is 10.6 Å². The number of rotatable bonds is 8. The molecule has 2 N–H and O–H groups in total. The predicted molar refractivity (Wildman–Crippen MR) is 107 cm³/mol. The molecule has 0 radical (unpaired) electrons. The van der Waals surface area contributed by atoms with Crippen LogP contribution in [0.2, 0.25) is 0 Å². The van der Waals surface area contributed by atoms with Gasteiger partial charge >= 0.3 is 0 Å². The van der Waals surface area contributed by atoms with Gasteiger partial charge in [-0.2, -0.15) is 0 Å². The monoisotopic (exact) mass is 355 g/mol. The molecule has 0 unspecified atom stereocenters. The summed E-state index contributed by atoms with van der Waals surface area (Å²) >= 11 is 0. The van der Waals surface area contributed by atoms with Gasteiger partial charge in [0.25, 0.3) is 0 Å². The van der Waals surface area contributed by atoms with E-state index < -0.39 is 0 Å². The molecule has 0 saturated carbocycles. The molecule has 2 aromatic rings. The van der Waals surface area contributed by atoms with E-state index in [0.717, 1.165) is 37.0 Å². The summed E-state index contributed by atoms with van der Waals surface area (Å²) in [5, 5.41) is 6.67. The van der Waals surface area contributed by atoms with E-state index in [-0.39, 0.29) is 0 Å². The third-order valence-corrected chi connectivity index (χ3v) is 4.04. The Labute approximate surface area is 156 Å². The number of nitrogens with one attached hydrogen (secondary N) is 2. The van der Waals surface area contributed by atoms with Crippen molar-refractivity contribution >= 4 is 5.96 Å². The summed E-state index contributed by atoms with van der Waals surface area (Å²) in [6.07, 6.45) is 0.870. The van der Waals surface area contributed by atoms with Gasteiger partial charge in [-0.3, -0.25) is 0 Å². The minimum atomic E-state index is 0.659. The Kier molecular flexibility index (Phi) is 7.80. The van der Waals surface area contributed by atoms with E-state index in [2.05, 4.69) is 59.8 Å². The van der Waals surface area contributed by atoms with Crippen molar-refractivity contribution in [3.05, 3.63) is 59.2 Å². The molecule has 5 heteroatoms. The molecule has 0 aromatic heterocycles. The molecule has 0 heterocycles. The number of hydrogen-bond acceptors (Lipinski definition) is 3. The van der Waals surface area contributed by atoms with Crippen LogP contribution in [0.5, 0.6) is 11.5 Å². The smallest absolute Gasteiger partial charge is 0.191 e. The van der Waals surface area contributed by atoms with Gasteiger partial charge in [0.2, 0.25) is 0 Å². The van der Waals surface area contributed by atoms with E-state index in [1.165, 1.54) is 16.7 Å². The highest BCUT2D eigenvalue weighted by molar-refractivity contribution is 5.79. The zero-order valence-electron chi connectivity index (χ0n) is 16.1. The SMILES string of the molecule is CCNC(=NCc1ccc(C)cc1)NCCc1ccc(OC)c(OC)c1. The molecular formula is C21H29N3O2. The molecule has 0 aliphatic rings. The average Bonchev–Trinajstić information content (AvgIpc) is 2.67. The largest absolute Gasteiger partial charge is 0.493 e. The molecule has 5 nitrogen and oxygen atoms in total. The molecule has 0 bridgehead atoms. The minimum Gasteiger partial charge on any atom is -0.493 e. The fraction of sp³-hybridized carbons (Fsp3) is 0.381. The van der Waals surface area contributed by atoms with Crippen LogP contribution in [0.15, 0.2) is 47.5 Å². The molecule has 26 heavy (non-hydrogen) atoms. The Morgan fingerprint density at radius 1 is 0.923 bits per heavy atom. The molecule has 0 aliphatic heterocycles. The van der Waals surface area contributed by atoms with Crippen LogP contribution in [0.1, 0.15) is 23.6 Å². The maximum atomic E-state index is 5.36. The summed E-state index contributed by atoms with van der Waals surface area (Å²) in [7, 11) is 3.30. The lowest BCUT2D eigenvalue weighted by Crippen LogP contribution is -2.38. The summed E-state index contributed by atoms with van der Waals surface area (Å²) in [4.78, 5) is 4.66. The lowest BCUT2D eigenvalue weighted by Gasteiger charge is -2.13. The van der Waals surface area contributed by atoms with Gasteiger partial charge in [-0.15, -0.1) is 0 Å². The standard InChI is InChI=1S/C21H29N3O2/c1-5-22-21(24-15-18-8-6-16(2)7-9-18)23-13-12-17-10-11-19(25-3)20(14-17)26-4/h6-11,14H,5,12-13,15H2,1-4H3,(H2,22,23,24). The molecule has 2 rings (SSSR count). The van der Waals surface area contributed by atoms with Gasteiger partial charge in [0, 0.05) is 13.1 Å². The van der Waals surface area contributed by atoms with Crippen molar-refractivity contribution in [2.24, 2.45) is 4.99 Å². The third kappa shape index (κ3) is 5.99. The molecule has 0 aliphatic carbocycles. The van der Waals surface area contributed by atoms with Crippen LogP contribution in [-0.2, 0) is 13.0 Å². The van der Waals surface area contributed by atoms with E-state index >= 15 is 0 Å². The van der Waals surface area contributed by atoms with Crippen LogP contribution in [0.4, 0.5) is 0 Å². The van der Waals surface area contributed by atoms with Crippen molar-refractivity contribution in [3.8, 4) is 11.5 Å². The fourth-order valence-electron chi connectivity index (χ4n) is 2.57. The van der Waals surface area contributed by atoms with Crippen LogP contribution >= 0.6 is 0 Å². The number of guanidine groups is 1. The molecule has 2 aromatic carbocycles. The normalized spacial score (nSPS) is 11.2. The van der Waals surface area contributed by atoms with Crippen molar-refractivity contribution in [1.29, 1.82) is 0 Å². The Morgan fingerprint density at radius 3 is 2.27 bits per heavy atom. The Balaban J connectivity index is 1.91. The molecule has 0 fully saturated rings. The van der Waals surface area contributed by atoms with E-state index in [4.69, 9.17) is 9.47 Å². The number of benzene rings is 2. The first-order chi connectivity index (χ1) is 12.7. The number of aliphatic imine (C=N–C) groups is 1. The van der Waals surface area contributed by atoms with Gasteiger partial charge in [-0.25, -0.2) is 4.99 Å². The zero-order valence-corrected chi connectivity index (χ0v) is 16.1. The summed E-state index contributed by atoms with van der Waals surface area (Å²) in [5.41, 5.74) is 3.65. The number of hydrogen-bond donors (Lipinski definition) is 2. The van der Waals surface area contributed by atoms with Crippen molar-refractivity contribution < 1.29 is 9.47 Å². The summed E-state index contributed by atoms with van der Waals surface area (Å²) in [6, 6.07) is 14.5. The van der Waals surface area contributed by atoms with Crippen LogP contribution in [0.25, 0.3) is 0 Å². The maximum Gasteiger partial charge on any atom is 0.191 e. The van der Waals surface area contributed by atoms with Gasteiger partial charge in [0.05, 0.1) is 20.8 Å². The predicted octanol–water partition coefficient (Wildman–Crippen LogP) is 3.31. The highest BCUT2D eigenvalue weighted by atomic mass is 16.5. The quantitative estimate of drug-likeness (QED) is 0.563. The summed E-state index contributed by atoms with van der Waals surface area (Å²) in [5.74, 6) is 2.33. The van der Waals surface area contributed by atoms with Gasteiger partial charge in [0.1, 0.15) is 0 Å². The fourth-order valence-corrected chi connectivity index (χ4v) is 2.57. The van der Waals surface area contributed by atoms with Crippen LogP contribution in [0, 0.1) is 6.92 Å². The first kappa shape index (κ1) is 19.6. The second kappa shape index (κ2) is 10.3. The lowest BCUT2D eigenvalue weighted by atomic mass is 10.1. The van der Waals surface area contributed by atoms with Crippen molar-refractivity contribution in [3.63, 3.8) is 0 Å². The average molecular weight is 355 g/mol. The third-order valence-electron chi connectivity index (χ3n) is 4.04. The van der Waals surface area contributed by atoms with Crippen LogP contribution in [0.3, 0.4) is 0 Å². The topological polar surface area (TPSA) is 54.9 Å². The molecule has 140 valence electrons.